The Kier molecular flexibility index (Phi) is 14.9. The molecule has 7 N–H and O–H groups in total. The number of fused-ring (bicyclic) bond motifs is 3. The minimum atomic E-state index is -1.61. The molecule has 0 fully saturated rings. The predicted octanol–water partition coefficient (Wildman–Crippen LogP) is 2.89. The van der Waals surface area contributed by atoms with E-state index in [0.29, 0.717) is 28.5 Å². The summed E-state index contributed by atoms with van der Waals surface area (Å²) in [6.45, 7) is 11.6. The average molecular weight is 554 g/mol. The predicted molar refractivity (Wildman–Crippen MR) is 146 cm³/mol. The first kappa shape index (κ1) is 35.1. The van der Waals surface area contributed by atoms with E-state index in [9.17, 15) is 14.9 Å². The molecule has 0 aromatic heterocycles. The Morgan fingerprint density at radius 3 is 2.00 bits per heavy atom. The molecule has 212 valence electrons. The number of aliphatic hydroxyl groups is 4. The lowest BCUT2D eigenvalue weighted by molar-refractivity contribution is -0.124. The lowest BCUT2D eigenvalue weighted by atomic mass is 9.62. The van der Waals surface area contributed by atoms with Gasteiger partial charge in [-0.25, -0.2) is 0 Å². The highest BCUT2D eigenvalue weighted by molar-refractivity contribution is 6.31. The zero-order chi connectivity index (χ0) is 29.7. The van der Waals surface area contributed by atoms with Crippen molar-refractivity contribution >= 4 is 29.0 Å². The highest BCUT2D eigenvalue weighted by Crippen LogP contribution is 2.56. The van der Waals surface area contributed by atoms with Gasteiger partial charge in [0.25, 0.3) is 0 Å². The highest BCUT2D eigenvalue weighted by Gasteiger charge is 2.60. The number of carbonyl (C=O) groups excluding carboxylic acids is 2. The fourth-order valence-electron chi connectivity index (χ4n) is 4.17. The topological polar surface area (TPSA) is 186 Å². The lowest BCUT2D eigenvalue weighted by Crippen LogP contribution is -2.48. The monoisotopic (exact) mass is 553 g/mol. The van der Waals surface area contributed by atoms with Gasteiger partial charge in [-0.15, -0.1) is 0 Å². The van der Waals surface area contributed by atoms with Crippen molar-refractivity contribution in [1.29, 1.82) is 5.26 Å². The van der Waals surface area contributed by atoms with Crippen LogP contribution >= 0.6 is 11.6 Å². The van der Waals surface area contributed by atoms with Crippen LogP contribution in [0.4, 0.5) is 5.69 Å². The van der Waals surface area contributed by atoms with Crippen LogP contribution in [-0.2, 0) is 19.7 Å². The number of hydrogen-bond acceptors (Lipinski definition) is 9. The molecule has 0 bridgehead atoms. The number of halogens is 1. The van der Waals surface area contributed by atoms with Crippen molar-refractivity contribution in [2.24, 2.45) is 11.1 Å². The van der Waals surface area contributed by atoms with Gasteiger partial charge in [-0.05, 0) is 51.3 Å². The normalized spacial score (nSPS) is 19.8. The van der Waals surface area contributed by atoms with Crippen LogP contribution in [0.5, 0.6) is 0 Å². The number of nitrogens with zero attached hydrogens (tertiary/aromatic N) is 1. The first-order valence-electron chi connectivity index (χ1n) is 12.3. The average Bonchev–Trinajstić information content (AvgIpc) is 3.06. The Labute approximate surface area is 229 Å². The van der Waals surface area contributed by atoms with Crippen molar-refractivity contribution in [3.8, 4) is 6.07 Å². The zero-order valence-corrected chi connectivity index (χ0v) is 23.6. The fourth-order valence-corrected chi connectivity index (χ4v) is 4.34. The molecule has 0 saturated carbocycles. The fraction of sp³-hybridized carbons (Fsp3) is 0.519. The number of rotatable bonds is 0. The van der Waals surface area contributed by atoms with Gasteiger partial charge in [-0.3, -0.25) is 9.59 Å². The number of Topliss-reactive ketones (excluding diaryl/α,β-unsaturated/α-hetero) is 1. The number of nitrogens with one attached hydrogen (secondary N) is 1. The van der Waals surface area contributed by atoms with Gasteiger partial charge in [0.2, 0.25) is 11.8 Å². The van der Waals surface area contributed by atoms with Crippen LogP contribution in [0, 0.1) is 16.7 Å². The number of anilines is 1. The lowest BCUT2D eigenvalue weighted by Gasteiger charge is -2.41. The van der Waals surface area contributed by atoms with Crippen molar-refractivity contribution in [3.05, 3.63) is 51.6 Å². The van der Waals surface area contributed by atoms with Gasteiger partial charge < -0.3 is 36.2 Å². The van der Waals surface area contributed by atoms with E-state index in [0.717, 1.165) is 0 Å². The Bertz CT molecular complexity index is 1070. The molecule has 1 spiro atoms. The molecule has 38 heavy (non-hydrogen) atoms. The summed E-state index contributed by atoms with van der Waals surface area (Å²) in [4.78, 5) is 26.2. The number of carbonyl (C=O) groups is 2. The molecule has 11 heteroatoms. The second-order valence-corrected chi connectivity index (χ2v) is 9.29. The maximum Gasteiger partial charge on any atom is 0.245 e. The van der Waals surface area contributed by atoms with E-state index in [1.807, 2.05) is 19.9 Å². The van der Waals surface area contributed by atoms with E-state index in [2.05, 4.69) is 5.32 Å². The molecule has 1 aliphatic carbocycles. The summed E-state index contributed by atoms with van der Waals surface area (Å²) >= 11 is 6.16. The first-order chi connectivity index (χ1) is 17.9. The first-order valence-corrected chi connectivity index (χ1v) is 12.6. The molecule has 10 nitrogen and oxygen atoms in total. The largest absolute Gasteiger partial charge is 0.444 e. The molecule has 0 saturated heterocycles. The zero-order valence-electron chi connectivity index (χ0n) is 22.9. The summed E-state index contributed by atoms with van der Waals surface area (Å²) in [6.07, 6.45) is 0.692. The van der Waals surface area contributed by atoms with E-state index in [1.54, 1.807) is 45.9 Å². The van der Waals surface area contributed by atoms with Gasteiger partial charge in [0.15, 0.2) is 5.78 Å². The third kappa shape index (κ3) is 7.79. The molecule has 1 aromatic carbocycles. The van der Waals surface area contributed by atoms with Crippen LogP contribution < -0.4 is 11.1 Å². The molecule has 3 aliphatic rings. The number of nitriles is 1. The summed E-state index contributed by atoms with van der Waals surface area (Å²) in [5.74, 6) is -0.511. The SMILES string of the molecule is CC1(C)CC(=O)C2=C(C1)OC(N)=C(C#N)C21C(=O)Nc2ccc(Cl)cc21.CCO.CCO.CCO.CCO. The molecule has 2 aliphatic heterocycles. The van der Waals surface area contributed by atoms with Crippen molar-refractivity contribution in [3.63, 3.8) is 0 Å². The number of aliphatic hydroxyl groups excluding tert-OH is 4. The van der Waals surface area contributed by atoms with E-state index in [4.69, 9.17) is 42.5 Å². The molecular formula is C27H40ClN3O7. The molecule has 1 atom stereocenters. The standard InChI is InChI=1S/C19H16ClN3O3.4C2H6O/c1-18(2)6-13(24)15-14(7-18)26-16(22)11(8-21)19(15)10-5-9(20)3-4-12(10)23-17(19)25;4*1-2-3/h3-5H,6-7,22H2,1-2H3,(H,23,25);4*3H,2H2,1H3. The van der Waals surface area contributed by atoms with Gasteiger partial charge in [-0.2, -0.15) is 5.26 Å². The van der Waals surface area contributed by atoms with Gasteiger partial charge in [0, 0.05) is 55.5 Å². The van der Waals surface area contributed by atoms with Crippen molar-refractivity contribution in [1.82, 2.24) is 0 Å². The molecule has 1 amide bonds. The van der Waals surface area contributed by atoms with Crippen LogP contribution in [0.1, 0.15) is 59.9 Å². The highest BCUT2D eigenvalue weighted by atomic mass is 35.5. The summed E-state index contributed by atoms with van der Waals surface area (Å²) in [6, 6.07) is 6.88. The third-order valence-corrected chi connectivity index (χ3v) is 5.39. The van der Waals surface area contributed by atoms with Gasteiger partial charge >= 0.3 is 0 Å². The summed E-state index contributed by atoms with van der Waals surface area (Å²) < 4.78 is 5.66. The molecular weight excluding hydrogens is 514 g/mol. The number of ether oxygens (including phenoxy) is 1. The number of hydrogen-bond donors (Lipinski definition) is 6. The van der Waals surface area contributed by atoms with Crippen LogP contribution in [-0.4, -0.2) is 58.5 Å². The summed E-state index contributed by atoms with van der Waals surface area (Å²) in [7, 11) is 0. The maximum absolute atomic E-state index is 13.2. The van der Waals surface area contributed by atoms with E-state index in [-0.39, 0.29) is 61.1 Å². The number of allylic oxidation sites excluding steroid dienone is 1. The molecule has 0 radical (unpaired) electrons. The van der Waals surface area contributed by atoms with Crippen LogP contribution in [0.3, 0.4) is 0 Å². The Morgan fingerprint density at radius 1 is 1.03 bits per heavy atom. The number of nitrogens with two attached hydrogens (primary N) is 1. The van der Waals surface area contributed by atoms with Gasteiger partial charge in [-0.1, -0.05) is 25.4 Å². The van der Waals surface area contributed by atoms with Crippen LogP contribution in [0.15, 0.2) is 41.0 Å². The van der Waals surface area contributed by atoms with Gasteiger partial charge in [0.05, 0.1) is 5.57 Å². The Balaban J connectivity index is 0.000000979. The Hall–Kier alpha value is -2.94. The van der Waals surface area contributed by atoms with E-state index >= 15 is 0 Å². The van der Waals surface area contributed by atoms with Crippen LogP contribution in [0.2, 0.25) is 5.02 Å². The second-order valence-electron chi connectivity index (χ2n) is 8.85. The molecule has 4 rings (SSSR count). The third-order valence-electron chi connectivity index (χ3n) is 5.15. The smallest absolute Gasteiger partial charge is 0.245 e. The molecule has 1 aromatic rings. The van der Waals surface area contributed by atoms with Crippen molar-refractivity contribution in [2.75, 3.05) is 31.7 Å². The van der Waals surface area contributed by atoms with Gasteiger partial charge in [0.1, 0.15) is 22.8 Å². The maximum atomic E-state index is 13.2. The van der Waals surface area contributed by atoms with Crippen molar-refractivity contribution in [2.45, 2.75) is 59.8 Å². The van der Waals surface area contributed by atoms with Crippen molar-refractivity contribution < 1.29 is 34.8 Å². The minimum absolute atomic E-state index is 0.0807. The quantitative estimate of drug-likeness (QED) is 0.281. The number of benzene rings is 1. The molecule has 1 unspecified atom stereocenters. The number of amides is 1. The summed E-state index contributed by atoms with van der Waals surface area (Å²) in [5, 5.41) is 43.2. The number of ketones is 1. The Morgan fingerprint density at radius 2 is 1.53 bits per heavy atom. The summed E-state index contributed by atoms with van der Waals surface area (Å²) in [5.41, 5.74) is 5.16. The van der Waals surface area contributed by atoms with E-state index in [1.165, 1.54) is 0 Å². The van der Waals surface area contributed by atoms with Crippen LogP contribution in [0.25, 0.3) is 0 Å². The second kappa shape index (κ2) is 16.1. The molecule has 2 heterocycles. The van der Waals surface area contributed by atoms with E-state index < -0.39 is 11.3 Å². The minimum Gasteiger partial charge on any atom is -0.444 e.